The Labute approximate surface area is 194 Å². The minimum absolute atomic E-state index is 0.0217. The fourth-order valence-electron chi connectivity index (χ4n) is 4.46. The first-order valence-corrected chi connectivity index (χ1v) is 13.9. The van der Waals surface area contributed by atoms with E-state index >= 15 is 0 Å². The smallest absolute Gasteiger partial charge is 0.304 e. The van der Waals surface area contributed by atoms with Crippen LogP contribution in [0, 0.1) is 5.92 Å². The third-order valence-electron chi connectivity index (χ3n) is 6.56. The molecule has 0 saturated heterocycles. The summed E-state index contributed by atoms with van der Waals surface area (Å²) in [4.78, 5) is 23.7. The maximum absolute atomic E-state index is 12.5. The molecule has 0 rings (SSSR count). The topological polar surface area (TPSA) is 54.4 Å². The summed E-state index contributed by atoms with van der Waals surface area (Å²) in [5, 5.41) is 9.18. The molecule has 31 heavy (non-hydrogen) atoms. The van der Waals surface area contributed by atoms with Crippen LogP contribution in [-0.2, 0) is 9.59 Å². The number of hydrogen-bond donors (Lipinski definition) is 1. The van der Waals surface area contributed by atoms with Crippen molar-refractivity contribution in [3.8, 4) is 0 Å². The van der Waals surface area contributed by atoms with Crippen LogP contribution in [0.1, 0.15) is 162 Å². The summed E-state index contributed by atoms with van der Waals surface area (Å²) in [5.74, 6) is -0.892. The number of rotatable bonds is 25. The Morgan fingerprint density at radius 3 is 1.29 bits per heavy atom. The molecule has 0 amide bonds. The third-order valence-corrected chi connectivity index (χ3v) is 6.56. The molecule has 0 aromatic carbocycles. The largest absolute Gasteiger partial charge is 0.481 e. The number of carbonyl (C=O) groups excluding carboxylic acids is 1. The van der Waals surface area contributed by atoms with Gasteiger partial charge in [-0.1, -0.05) is 136 Å². The summed E-state index contributed by atoms with van der Waals surface area (Å²) < 4.78 is 0. The lowest BCUT2D eigenvalue weighted by molar-refractivity contribution is -0.140. The van der Waals surface area contributed by atoms with Gasteiger partial charge in [0.15, 0.2) is 0 Å². The molecule has 3 nitrogen and oxygen atoms in total. The van der Waals surface area contributed by atoms with Crippen LogP contribution >= 0.6 is 0 Å². The molecule has 184 valence electrons. The van der Waals surface area contributed by atoms with Crippen LogP contribution in [0.3, 0.4) is 0 Å². The maximum Gasteiger partial charge on any atom is 0.304 e. The van der Waals surface area contributed by atoms with Crippen molar-refractivity contribution in [2.24, 2.45) is 5.92 Å². The minimum Gasteiger partial charge on any atom is -0.481 e. The average molecular weight is 439 g/mol. The highest BCUT2D eigenvalue weighted by Gasteiger charge is 2.20. The first kappa shape index (κ1) is 30.1. The molecule has 1 atom stereocenters. The normalized spacial score (nSPS) is 12.2. The number of carboxylic acid groups (broad SMARTS) is 1. The number of aliphatic carboxylic acids is 1. The fourth-order valence-corrected chi connectivity index (χ4v) is 4.46. The molecule has 0 bridgehead atoms. The molecular formula is C28H54O3. The van der Waals surface area contributed by atoms with Gasteiger partial charge in [0, 0.05) is 12.3 Å². The predicted molar refractivity (Wildman–Crippen MR) is 134 cm³/mol. The Balaban J connectivity index is 3.74. The summed E-state index contributed by atoms with van der Waals surface area (Å²) in [7, 11) is 0. The molecule has 1 unspecified atom stereocenters. The lowest BCUT2D eigenvalue weighted by atomic mass is 9.90. The summed E-state index contributed by atoms with van der Waals surface area (Å²) in [5.41, 5.74) is 0. The lowest BCUT2D eigenvalue weighted by Crippen LogP contribution is -2.18. The Kier molecular flexibility index (Phi) is 23.1. The van der Waals surface area contributed by atoms with Gasteiger partial charge in [-0.2, -0.15) is 0 Å². The maximum atomic E-state index is 12.5. The second-order valence-corrected chi connectivity index (χ2v) is 9.66. The third kappa shape index (κ3) is 22.1. The van der Waals surface area contributed by atoms with E-state index in [1.165, 1.54) is 103 Å². The molecule has 0 radical (unpaired) electrons. The number of carboxylic acids is 1. The van der Waals surface area contributed by atoms with Gasteiger partial charge in [0.05, 0.1) is 6.42 Å². The summed E-state index contributed by atoms with van der Waals surface area (Å²) in [6, 6.07) is 0. The highest BCUT2D eigenvalue weighted by Crippen LogP contribution is 2.20. The monoisotopic (exact) mass is 438 g/mol. The molecule has 0 aliphatic heterocycles. The van der Waals surface area contributed by atoms with Crippen LogP contribution in [0.2, 0.25) is 0 Å². The molecule has 0 spiro atoms. The van der Waals surface area contributed by atoms with E-state index in [9.17, 15) is 14.7 Å². The zero-order valence-corrected chi connectivity index (χ0v) is 21.1. The average Bonchev–Trinajstić information content (AvgIpc) is 2.75. The quantitative estimate of drug-likeness (QED) is 0.144. The van der Waals surface area contributed by atoms with Gasteiger partial charge >= 0.3 is 5.97 Å². The van der Waals surface area contributed by atoms with Gasteiger partial charge in [-0.05, 0) is 12.8 Å². The molecule has 0 saturated carbocycles. The van der Waals surface area contributed by atoms with E-state index in [1.807, 2.05) is 0 Å². The first-order chi connectivity index (χ1) is 15.1. The van der Waals surface area contributed by atoms with Gasteiger partial charge in [-0.25, -0.2) is 0 Å². The Morgan fingerprint density at radius 1 is 0.548 bits per heavy atom. The van der Waals surface area contributed by atoms with Crippen LogP contribution in [0.4, 0.5) is 0 Å². The van der Waals surface area contributed by atoms with Crippen molar-refractivity contribution >= 4 is 11.8 Å². The van der Waals surface area contributed by atoms with E-state index in [2.05, 4.69) is 13.8 Å². The molecular weight excluding hydrogens is 384 g/mol. The molecule has 0 aromatic heterocycles. The second kappa shape index (κ2) is 23.8. The molecule has 1 N–H and O–H groups in total. The zero-order chi connectivity index (χ0) is 23.0. The second-order valence-electron chi connectivity index (χ2n) is 9.66. The number of carbonyl (C=O) groups is 2. The van der Waals surface area contributed by atoms with Crippen LogP contribution in [-0.4, -0.2) is 16.9 Å². The lowest BCUT2D eigenvalue weighted by Gasteiger charge is -2.14. The molecule has 3 heteroatoms. The van der Waals surface area contributed by atoms with E-state index in [0.29, 0.717) is 6.42 Å². The van der Waals surface area contributed by atoms with Gasteiger partial charge in [-0.15, -0.1) is 0 Å². The van der Waals surface area contributed by atoms with Crippen molar-refractivity contribution in [3.05, 3.63) is 0 Å². The van der Waals surface area contributed by atoms with Gasteiger partial charge in [-0.3, -0.25) is 9.59 Å². The predicted octanol–water partition coefficient (Wildman–Crippen LogP) is 9.27. The molecule has 0 aliphatic carbocycles. The molecule has 0 aliphatic rings. The number of hydrogen-bond acceptors (Lipinski definition) is 2. The fraction of sp³-hybridized carbons (Fsp3) is 0.929. The van der Waals surface area contributed by atoms with Crippen molar-refractivity contribution in [1.82, 2.24) is 0 Å². The molecule has 0 fully saturated rings. The van der Waals surface area contributed by atoms with Crippen LogP contribution in [0.25, 0.3) is 0 Å². The van der Waals surface area contributed by atoms with E-state index in [1.54, 1.807) is 0 Å². The number of Topliss-reactive ketones (excluding diaryl/α,β-unsaturated/α-hetero) is 1. The van der Waals surface area contributed by atoms with Crippen molar-refractivity contribution in [2.45, 2.75) is 162 Å². The van der Waals surface area contributed by atoms with E-state index < -0.39 is 5.97 Å². The van der Waals surface area contributed by atoms with Crippen LogP contribution in [0.15, 0.2) is 0 Å². The van der Waals surface area contributed by atoms with Gasteiger partial charge in [0.25, 0.3) is 0 Å². The van der Waals surface area contributed by atoms with Gasteiger partial charge in [0.1, 0.15) is 5.78 Å². The minimum atomic E-state index is -0.826. The SMILES string of the molecule is CCCCCCCCCCCCCC(=O)C(CCCCCCCCCCC)CC(=O)O. The Hall–Kier alpha value is -0.860. The number of unbranched alkanes of at least 4 members (excludes halogenated alkanes) is 18. The molecule has 0 heterocycles. The highest BCUT2D eigenvalue weighted by molar-refractivity contribution is 5.84. The highest BCUT2D eigenvalue weighted by atomic mass is 16.4. The Bertz CT molecular complexity index is 405. The van der Waals surface area contributed by atoms with Crippen molar-refractivity contribution in [1.29, 1.82) is 0 Å². The summed E-state index contributed by atoms with van der Waals surface area (Å²) in [6.45, 7) is 4.50. The Morgan fingerprint density at radius 2 is 0.903 bits per heavy atom. The first-order valence-electron chi connectivity index (χ1n) is 13.9. The summed E-state index contributed by atoms with van der Waals surface area (Å²) in [6.07, 6.45) is 26.7. The van der Waals surface area contributed by atoms with E-state index in [0.717, 1.165) is 32.1 Å². The molecule has 0 aromatic rings. The van der Waals surface area contributed by atoms with Crippen molar-refractivity contribution in [3.63, 3.8) is 0 Å². The van der Waals surface area contributed by atoms with Gasteiger partial charge in [0.2, 0.25) is 0 Å². The standard InChI is InChI=1S/C28H54O3/c1-3-5-7-9-11-13-14-16-18-20-22-24-27(29)26(25-28(30)31)23-21-19-17-15-12-10-8-6-4-2/h26H,3-25H2,1-2H3,(H,30,31). The van der Waals surface area contributed by atoms with Gasteiger partial charge < -0.3 is 5.11 Å². The number of ketones is 1. The summed E-state index contributed by atoms with van der Waals surface area (Å²) >= 11 is 0. The zero-order valence-electron chi connectivity index (χ0n) is 21.1. The van der Waals surface area contributed by atoms with Crippen molar-refractivity contribution in [2.75, 3.05) is 0 Å². The van der Waals surface area contributed by atoms with E-state index in [4.69, 9.17) is 0 Å². The van der Waals surface area contributed by atoms with Crippen LogP contribution in [0.5, 0.6) is 0 Å². The van der Waals surface area contributed by atoms with Crippen molar-refractivity contribution < 1.29 is 14.7 Å². The van der Waals surface area contributed by atoms with E-state index in [-0.39, 0.29) is 18.1 Å². The van der Waals surface area contributed by atoms with Crippen LogP contribution < -0.4 is 0 Å².